The van der Waals surface area contributed by atoms with Crippen LogP contribution in [0.5, 0.6) is 0 Å². The van der Waals surface area contributed by atoms with Gasteiger partial charge in [0, 0.05) is 0 Å². The summed E-state index contributed by atoms with van der Waals surface area (Å²) >= 11 is 0. The third-order valence-corrected chi connectivity index (χ3v) is 16.9. The van der Waals surface area contributed by atoms with Crippen LogP contribution in [0.25, 0.3) is 135 Å². The fraction of sp³-hybridized carbons (Fsp3) is 0.0548. The van der Waals surface area contributed by atoms with Crippen LogP contribution in [-0.2, 0) is 49.8 Å². The average Bonchev–Trinajstić information content (AvgIpc) is 4.52. The Bertz CT molecular complexity index is 4420. The number of aromatic nitrogens is 4. The molecule has 5 heterocycles. The third-order valence-electron chi connectivity index (χ3n) is 16.9. The second-order valence-corrected chi connectivity index (χ2v) is 21.2. The van der Waals surface area contributed by atoms with Crippen molar-refractivity contribution >= 4 is 46.4 Å². The van der Waals surface area contributed by atoms with Crippen LogP contribution in [0.2, 0.25) is 0 Å². The van der Waals surface area contributed by atoms with Crippen molar-refractivity contribution < 1.29 is 24.1 Å². The van der Waals surface area contributed by atoms with Crippen LogP contribution in [0.3, 0.4) is 0 Å². The molecule has 0 fully saturated rings. The van der Waals surface area contributed by atoms with Crippen LogP contribution in [0.4, 0.5) is 0 Å². The molecule has 0 N–H and O–H groups in total. The van der Waals surface area contributed by atoms with Crippen LogP contribution >= 0.6 is 0 Å². The first-order chi connectivity index (χ1) is 38.6. The zero-order valence-corrected chi connectivity index (χ0v) is 44.4. The van der Waals surface area contributed by atoms with Gasteiger partial charge < -0.3 is 9.97 Å². The van der Waals surface area contributed by atoms with E-state index in [0.717, 1.165) is 115 Å². The summed E-state index contributed by atoms with van der Waals surface area (Å²) in [6.45, 7) is 4.50. The smallest absolute Gasteiger partial charge is 2.00 e. The van der Waals surface area contributed by atoms with E-state index in [9.17, 15) is 0 Å². The van der Waals surface area contributed by atoms with E-state index in [1.165, 1.54) is 89.0 Å². The van der Waals surface area contributed by atoms with Crippen molar-refractivity contribution in [2.24, 2.45) is 0 Å². The van der Waals surface area contributed by atoms with Gasteiger partial charge in [-0.25, -0.2) is 9.97 Å². The number of nitrogens with zero attached hydrogens (tertiary/aromatic N) is 4. The zero-order valence-electron chi connectivity index (χ0n) is 42.7. The maximum atomic E-state index is 7.50. The molecule has 79 heavy (non-hydrogen) atoms. The predicted octanol–water partition coefficient (Wildman–Crippen LogP) is 16.8. The minimum Gasteiger partial charge on any atom is 2.00 e. The van der Waals surface area contributed by atoms with Crippen LogP contribution in [0.1, 0.15) is 67.3 Å². The van der Waals surface area contributed by atoms with Gasteiger partial charge in [-0.1, -0.05) is 182 Å². The molecular formula is C73H44N4ORu. The van der Waals surface area contributed by atoms with E-state index < -0.39 is 0 Å². The molecule has 0 spiro atoms. The van der Waals surface area contributed by atoms with Crippen LogP contribution in [0.15, 0.2) is 194 Å². The van der Waals surface area contributed by atoms with Crippen molar-refractivity contribution in [2.75, 3.05) is 0 Å². The molecule has 5 nitrogen and oxygen atoms in total. The number of hydrogen-bond acceptors (Lipinski definition) is 2. The van der Waals surface area contributed by atoms with Crippen molar-refractivity contribution in [1.82, 2.24) is 19.9 Å². The normalized spacial score (nSPS) is 13.0. The van der Waals surface area contributed by atoms with Gasteiger partial charge in [0.1, 0.15) is 0 Å². The summed E-state index contributed by atoms with van der Waals surface area (Å²) in [4.78, 5) is 22.8. The number of hydrogen-bond donors (Lipinski definition) is 0. The summed E-state index contributed by atoms with van der Waals surface area (Å²) in [5.41, 5.74) is 36.3. The van der Waals surface area contributed by atoms with Gasteiger partial charge in [0.2, 0.25) is 0 Å². The molecular weight excluding hydrogens is 1050 g/mol. The summed E-state index contributed by atoms with van der Waals surface area (Å²) in [7, 11) is 0. The van der Waals surface area contributed by atoms with Gasteiger partial charge in [0.15, 0.2) is 0 Å². The molecule has 2 aliphatic heterocycles. The summed E-state index contributed by atoms with van der Waals surface area (Å²) in [6.07, 6.45) is 12.4. The Morgan fingerprint density at radius 2 is 0.544 bits per heavy atom. The quantitative estimate of drug-likeness (QED) is 0.1000. The van der Waals surface area contributed by atoms with E-state index >= 15 is 0 Å². The maximum Gasteiger partial charge on any atom is 2.00 e. The largest absolute Gasteiger partial charge is 2.00 e. The number of benzene rings is 8. The molecule has 0 atom stereocenters. The molecule has 8 bridgehead atoms. The van der Waals surface area contributed by atoms with Crippen LogP contribution in [0, 0.1) is 6.65 Å². The molecule has 6 aliphatic rings. The van der Waals surface area contributed by atoms with Gasteiger partial charge in [-0.15, -0.1) is 22.1 Å². The van der Waals surface area contributed by atoms with Crippen molar-refractivity contribution in [3.8, 4) is 89.0 Å². The molecule has 0 amide bonds. The monoisotopic (exact) mass is 1090 g/mol. The summed E-state index contributed by atoms with van der Waals surface area (Å²) in [5.74, 6) is 0. The molecule has 17 rings (SSSR count). The predicted molar refractivity (Wildman–Crippen MR) is 315 cm³/mol. The van der Waals surface area contributed by atoms with Gasteiger partial charge >= 0.3 is 30.8 Å². The van der Waals surface area contributed by atoms with E-state index in [4.69, 9.17) is 24.6 Å². The van der Waals surface area contributed by atoms with E-state index in [0.29, 0.717) is 0 Å². The fourth-order valence-electron chi connectivity index (χ4n) is 13.4. The topological polar surface area (TPSA) is 73.9 Å². The molecule has 0 saturated heterocycles. The fourth-order valence-corrected chi connectivity index (χ4v) is 13.4. The molecule has 0 saturated carbocycles. The van der Waals surface area contributed by atoms with Crippen molar-refractivity contribution in [2.45, 2.75) is 25.7 Å². The van der Waals surface area contributed by atoms with Gasteiger partial charge in [0.05, 0.1) is 22.8 Å². The van der Waals surface area contributed by atoms with E-state index in [1.807, 2.05) is 0 Å². The Hall–Kier alpha value is -9.28. The van der Waals surface area contributed by atoms with E-state index in [1.54, 1.807) is 0 Å². The number of rotatable bonds is 4. The van der Waals surface area contributed by atoms with Crippen molar-refractivity contribution in [3.63, 3.8) is 0 Å². The van der Waals surface area contributed by atoms with Gasteiger partial charge in [-0.3, -0.25) is 0 Å². The average molecular weight is 1090 g/mol. The summed E-state index contributed by atoms with van der Waals surface area (Å²) in [6, 6.07) is 71.8. The standard InChI is InChI=1S/C72H44N4.CO.Ru/c1-5-13-53-43(11-1)35-51-37-47(21-23-57(51)53)69-61-25-29-65(73-61)71(49-19-17-45-33-41-9-3-7-15-55(41)59(45)39-49)67-31-27-63(75-67)70(48-22-24-58-52(38-48)36-44-12-2-6-14-54(44)58)64-28-32-68(76-64)72(66-30-26-62(69)74-66)50-20-18-46-34-42-10-4-8-16-56(42)60(46)40-50;1-2;/h1-32,37-40H,33-36H2;;/q-2;;+2. The molecule has 0 radical (unpaired) electrons. The number of fused-ring (bicyclic) bond motifs is 20. The van der Waals surface area contributed by atoms with Gasteiger partial charge in [-0.05, 0) is 196 Å². The zero-order chi connectivity index (χ0) is 51.6. The second kappa shape index (κ2) is 18.4. The molecule has 11 aromatic rings. The molecule has 3 aromatic heterocycles. The maximum absolute atomic E-state index is 7.50. The Labute approximate surface area is 470 Å². The first-order valence-corrected chi connectivity index (χ1v) is 26.7. The Morgan fingerprint density at radius 1 is 0.278 bits per heavy atom. The molecule has 370 valence electrons. The van der Waals surface area contributed by atoms with Crippen LogP contribution in [-0.4, -0.2) is 9.97 Å². The molecule has 8 aromatic carbocycles. The van der Waals surface area contributed by atoms with Crippen molar-refractivity contribution in [1.29, 1.82) is 0 Å². The van der Waals surface area contributed by atoms with Gasteiger partial charge in [0.25, 0.3) is 0 Å². The minimum absolute atomic E-state index is 0. The molecule has 4 aliphatic carbocycles. The second-order valence-electron chi connectivity index (χ2n) is 21.2. The SMILES string of the molecule is C1=Cc2nc1c(-c1ccc3c(c1)Cc1ccccc1-3)c1ccc([n-]1)c(-c1ccc3c(c1)-c1ccccc1C3)c1nc(c(-c3ccc4c(c3)Cc3ccccc3-4)c3ccc([n-]3)c2-c2ccc3c(c2)-c2ccccc2C3)C=C1.[C-]#[O+].[Ru+2]. The Morgan fingerprint density at radius 3 is 0.899 bits per heavy atom. The summed E-state index contributed by atoms with van der Waals surface area (Å²) < 4.78 is 7.50. The van der Waals surface area contributed by atoms with E-state index in [-0.39, 0.29) is 19.5 Å². The molecule has 6 heteroatoms. The summed E-state index contributed by atoms with van der Waals surface area (Å²) in [5, 5.41) is 0. The van der Waals surface area contributed by atoms with Crippen molar-refractivity contribution in [3.05, 3.63) is 268 Å². The first-order valence-electron chi connectivity index (χ1n) is 26.7. The molecule has 0 unspecified atom stereocenters. The Balaban J connectivity index is 0.00000178. The van der Waals surface area contributed by atoms with Crippen LogP contribution < -0.4 is 9.97 Å². The van der Waals surface area contributed by atoms with E-state index in [2.05, 4.69) is 225 Å². The van der Waals surface area contributed by atoms with Gasteiger partial charge in [-0.2, -0.15) is 0 Å². The minimum atomic E-state index is 0. The third kappa shape index (κ3) is 7.44. The first kappa shape index (κ1) is 47.0. The Kier molecular flexibility index (Phi) is 11.0.